The number of halogens is 1. The van der Waals surface area contributed by atoms with Gasteiger partial charge in [-0.3, -0.25) is 0 Å². The van der Waals surface area contributed by atoms with Crippen LogP contribution in [0.25, 0.3) is 11.1 Å². The van der Waals surface area contributed by atoms with E-state index in [2.05, 4.69) is 80.9 Å². The van der Waals surface area contributed by atoms with E-state index in [1.165, 1.54) is 59.9 Å². The molecule has 0 amide bonds. The van der Waals surface area contributed by atoms with Crippen LogP contribution in [0.2, 0.25) is 0 Å². The average Bonchev–Trinajstić information content (AvgIpc) is 3.15. The molecule has 2 aromatic rings. The van der Waals surface area contributed by atoms with Crippen LogP contribution in [0.4, 0.5) is 0 Å². The van der Waals surface area contributed by atoms with E-state index in [1.807, 2.05) is 0 Å². The Bertz CT molecular complexity index is 1030. The van der Waals surface area contributed by atoms with Gasteiger partial charge in [0.15, 0.2) is 6.79 Å². The Morgan fingerprint density at radius 1 is 1.00 bits per heavy atom. The van der Waals surface area contributed by atoms with E-state index >= 15 is 0 Å². The van der Waals surface area contributed by atoms with Crippen molar-refractivity contribution in [2.75, 3.05) is 13.9 Å². The monoisotopic (exact) mass is 510 g/mol. The molecule has 0 heterocycles. The number of ether oxygens (including phenoxy) is 2. The summed E-state index contributed by atoms with van der Waals surface area (Å²) in [5, 5.41) is 0. The lowest BCUT2D eigenvalue weighted by Crippen LogP contribution is -2.29. The van der Waals surface area contributed by atoms with Crippen LogP contribution in [0.3, 0.4) is 0 Å². The zero-order valence-electron chi connectivity index (χ0n) is 21.1. The zero-order chi connectivity index (χ0) is 23.5. The normalized spacial score (nSPS) is 28.2. The van der Waals surface area contributed by atoms with Crippen molar-refractivity contribution in [3.05, 3.63) is 51.5 Å². The third-order valence-corrected chi connectivity index (χ3v) is 9.41. The third kappa shape index (κ3) is 3.97. The maximum absolute atomic E-state index is 6.49. The van der Waals surface area contributed by atoms with Gasteiger partial charge in [-0.05, 0) is 90.0 Å². The molecule has 178 valence electrons. The Hall–Kier alpha value is -1.32. The molecule has 4 aliphatic rings. The summed E-state index contributed by atoms with van der Waals surface area (Å²) in [5.74, 6) is 4.16. The average molecular weight is 512 g/mol. The van der Waals surface area contributed by atoms with Gasteiger partial charge in [0.25, 0.3) is 0 Å². The van der Waals surface area contributed by atoms with Crippen LogP contribution in [0, 0.1) is 17.8 Å². The fourth-order valence-electron chi connectivity index (χ4n) is 7.25. The largest absolute Gasteiger partial charge is 0.467 e. The van der Waals surface area contributed by atoms with Crippen LogP contribution in [0.5, 0.6) is 5.75 Å². The van der Waals surface area contributed by atoms with Crippen LogP contribution in [-0.4, -0.2) is 13.9 Å². The van der Waals surface area contributed by atoms with Crippen molar-refractivity contribution in [2.24, 2.45) is 17.8 Å². The number of hydrogen-bond donors (Lipinski definition) is 0. The lowest BCUT2D eigenvalue weighted by atomic mass is 9.68. The number of methoxy groups -OCH3 is 1. The van der Waals surface area contributed by atoms with Gasteiger partial charge < -0.3 is 9.47 Å². The van der Waals surface area contributed by atoms with Crippen molar-refractivity contribution in [3.8, 4) is 16.9 Å². The summed E-state index contributed by atoms with van der Waals surface area (Å²) < 4.78 is 13.1. The molecule has 2 unspecified atom stereocenters. The Morgan fingerprint density at radius 2 is 1.70 bits per heavy atom. The standard InChI is InChI=1S/C30H39BrO2/c1-18(2)21-7-8-24(27(31)12-21)25-13-22(29(3,4)5)14-26(28(25)33-17-32-6)30-15-19-9-20(16-30)11-23(30)10-19/h7-8,12-14,18-20,23H,9-11,15-17H2,1-6H3. The quantitative estimate of drug-likeness (QED) is 0.362. The maximum Gasteiger partial charge on any atom is 0.188 e. The van der Waals surface area contributed by atoms with Gasteiger partial charge in [-0.1, -0.05) is 68.7 Å². The summed E-state index contributed by atoms with van der Waals surface area (Å²) in [6.07, 6.45) is 6.92. The topological polar surface area (TPSA) is 18.5 Å². The molecule has 0 spiro atoms. The van der Waals surface area contributed by atoms with E-state index in [0.717, 1.165) is 28.0 Å². The van der Waals surface area contributed by atoms with Crippen molar-refractivity contribution in [1.29, 1.82) is 0 Å². The molecule has 0 N–H and O–H groups in total. The summed E-state index contributed by atoms with van der Waals surface area (Å²) in [6, 6.07) is 11.7. The van der Waals surface area contributed by atoms with E-state index in [9.17, 15) is 0 Å². The Labute approximate surface area is 208 Å². The Kier molecular flexibility index (Phi) is 5.97. The van der Waals surface area contributed by atoms with Gasteiger partial charge in [-0.15, -0.1) is 0 Å². The molecule has 4 fully saturated rings. The van der Waals surface area contributed by atoms with Gasteiger partial charge in [0.2, 0.25) is 0 Å². The second-order valence-corrected chi connectivity index (χ2v) is 13.2. The number of rotatable bonds is 6. The van der Waals surface area contributed by atoms with Crippen LogP contribution in [0.1, 0.15) is 89.3 Å². The highest BCUT2D eigenvalue weighted by molar-refractivity contribution is 9.10. The highest BCUT2D eigenvalue weighted by Gasteiger charge is 2.59. The molecule has 4 saturated carbocycles. The Balaban J connectivity index is 1.74. The third-order valence-electron chi connectivity index (χ3n) is 8.75. The minimum atomic E-state index is 0.0693. The minimum absolute atomic E-state index is 0.0693. The van der Waals surface area contributed by atoms with Crippen LogP contribution < -0.4 is 4.74 Å². The predicted octanol–water partition coefficient (Wildman–Crippen LogP) is 8.60. The van der Waals surface area contributed by atoms with E-state index in [1.54, 1.807) is 7.11 Å². The molecule has 0 radical (unpaired) electrons. The minimum Gasteiger partial charge on any atom is -0.467 e. The van der Waals surface area contributed by atoms with E-state index in [0.29, 0.717) is 5.92 Å². The van der Waals surface area contributed by atoms with Gasteiger partial charge in [-0.2, -0.15) is 0 Å². The number of hydrogen-bond acceptors (Lipinski definition) is 2. The first-order valence-corrected chi connectivity index (χ1v) is 13.5. The van der Waals surface area contributed by atoms with Gasteiger partial charge >= 0.3 is 0 Å². The summed E-state index contributed by atoms with van der Waals surface area (Å²) in [5.41, 5.74) is 6.97. The predicted molar refractivity (Wildman–Crippen MR) is 140 cm³/mol. The molecule has 0 aromatic heterocycles. The lowest BCUT2D eigenvalue weighted by Gasteiger charge is -2.37. The molecule has 33 heavy (non-hydrogen) atoms. The van der Waals surface area contributed by atoms with Gasteiger partial charge in [-0.25, -0.2) is 0 Å². The molecule has 0 saturated heterocycles. The highest BCUT2D eigenvalue weighted by atomic mass is 79.9. The molecular formula is C30H39BrO2. The van der Waals surface area contributed by atoms with Crippen molar-refractivity contribution < 1.29 is 9.47 Å². The van der Waals surface area contributed by atoms with Crippen LogP contribution in [-0.2, 0) is 15.6 Å². The lowest BCUT2D eigenvalue weighted by molar-refractivity contribution is 0.0495. The summed E-state index contributed by atoms with van der Waals surface area (Å²) in [4.78, 5) is 0. The summed E-state index contributed by atoms with van der Waals surface area (Å²) in [6.45, 7) is 11.8. The fourth-order valence-corrected chi connectivity index (χ4v) is 7.86. The second kappa shape index (κ2) is 8.41. The molecular weight excluding hydrogens is 472 g/mol. The second-order valence-electron chi connectivity index (χ2n) is 12.3. The van der Waals surface area contributed by atoms with Crippen LogP contribution >= 0.6 is 15.9 Å². The molecule has 2 atom stereocenters. The van der Waals surface area contributed by atoms with E-state index in [4.69, 9.17) is 9.47 Å². The maximum atomic E-state index is 6.49. The van der Waals surface area contributed by atoms with Crippen LogP contribution in [0.15, 0.2) is 34.8 Å². The van der Waals surface area contributed by atoms with Crippen molar-refractivity contribution in [1.82, 2.24) is 0 Å². The first-order valence-electron chi connectivity index (χ1n) is 12.7. The van der Waals surface area contributed by atoms with E-state index in [-0.39, 0.29) is 17.6 Å². The van der Waals surface area contributed by atoms with Gasteiger partial charge in [0, 0.05) is 28.1 Å². The van der Waals surface area contributed by atoms with Crippen molar-refractivity contribution in [2.45, 2.75) is 83.5 Å². The van der Waals surface area contributed by atoms with Crippen molar-refractivity contribution in [3.63, 3.8) is 0 Å². The van der Waals surface area contributed by atoms with E-state index < -0.39 is 0 Å². The highest BCUT2D eigenvalue weighted by Crippen LogP contribution is 2.67. The molecule has 6 rings (SSSR count). The molecule has 2 aromatic carbocycles. The smallest absolute Gasteiger partial charge is 0.188 e. The zero-order valence-corrected chi connectivity index (χ0v) is 22.7. The van der Waals surface area contributed by atoms with Crippen molar-refractivity contribution >= 4 is 15.9 Å². The fraction of sp³-hybridized carbons (Fsp3) is 0.600. The summed E-state index contributed by atoms with van der Waals surface area (Å²) in [7, 11) is 1.72. The van der Waals surface area contributed by atoms with Gasteiger partial charge in [0.1, 0.15) is 5.75 Å². The molecule has 3 heteroatoms. The first kappa shape index (κ1) is 23.4. The molecule has 4 bridgehead atoms. The molecule has 2 nitrogen and oxygen atoms in total. The first-order chi connectivity index (χ1) is 15.6. The number of benzene rings is 2. The Morgan fingerprint density at radius 3 is 2.27 bits per heavy atom. The summed E-state index contributed by atoms with van der Waals surface area (Å²) >= 11 is 3.92. The SMILES string of the molecule is COCOc1c(-c2ccc(C(C)C)cc2Br)cc(C(C)(C)C)cc1C12CC3CC(CC1C3)C2. The molecule has 4 aliphatic carbocycles. The molecule has 0 aliphatic heterocycles. The van der Waals surface area contributed by atoms with Gasteiger partial charge in [0.05, 0.1) is 0 Å².